The molecule has 1 saturated heterocycles. The molecule has 0 bridgehead atoms. The van der Waals surface area contributed by atoms with Crippen LogP contribution < -0.4 is 5.32 Å². The van der Waals surface area contributed by atoms with Gasteiger partial charge in [0.1, 0.15) is 17.5 Å². The SMILES string of the molecule is Cl.O=C(Cc1c(F)cccc1Cl)N1CCC(c2nnc3n2CCNC3)CC1. The molecule has 0 radical (unpaired) electrons. The van der Waals surface area contributed by atoms with E-state index in [1.807, 2.05) is 0 Å². The van der Waals surface area contributed by atoms with Crippen LogP contribution >= 0.6 is 24.0 Å². The average molecular weight is 414 g/mol. The zero-order valence-electron chi connectivity index (χ0n) is 14.8. The van der Waals surface area contributed by atoms with Gasteiger partial charge in [0.2, 0.25) is 5.91 Å². The maximum absolute atomic E-state index is 13.9. The highest BCUT2D eigenvalue weighted by Gasteiger charge is 2.29. The maximum Gasteiger partial charge on any atom is 0.227 e. The van der Waals surface area contributed by atoms with Crippen molar-refractivity contribution in [1.29, 1.82) is 0 Å². The molecule has 1 aromatic heterocycles. The van der Waals surface area contributed by atoms with Crippen LogP contribution in [0, 0.1) is 5.82 Å². The Bertz CT molecular complexity index is 800. The number of hydrogen-bond donors (Lipinski definition) is 1. The molecule has 6 nitrogen and oxygen atoms in total. The van der Waals surface area contributed by atoms with Gasteiger partial charge in [0, 0.05) is 42.7 Å². The number of amides is 1. The fourth-order valence-electron chi connectivity index (χ4n) is 3.77. The largest absolute Gasteiger partial charge is 0.342 e. The van der Waals surface area contributed by atoms with Crippen LogP contribution in [0.5, 0.6) is 0 Å². The van der Waals surface area contributed by atoms with Gasteiger partial charge in [-0.15, -0.1) is 22.6 Å². The van der Waals surface area contributed by atoms with E-state index in [2.05, 4.69) is 20.1 Å². The summed E-state index contributed by atoms with van der Waals surface area (Å²) in [7, 11) is 0. The highest BCUT2D eigenvalue weighted by atomic mass is 35.5. The van der Waals surface area contributed by atoms with Crippen molar-refractivity contribution < 1.29 is 9.18 Å². The Balaban J connectivity index is 0.00000210. The van der Waals surface area contributed by atoms with Gasteiger partial charge in [-0.3, -0.25) is 4.79 Å². The lowest BCUT2D eigenvalue weighted by Crippen LogP contribution is -2.39. The normalized spacial score (nSPS) is 17.3. The number of carbonyl (C=O) groups is 1. The molecule has 146 valence electrons. The minimum Gasteiger partial charge on any atom is -0.342 e. The first kappa shape index (κ1) is 20.0. The zero-order valence-corrected chi connectivity index (χ0v) is 16.4. The molecule has 4 rings (SSSR count). The van der Waals surface area contributed by atoms with Gasteiger partial charge in [-0.2, -0.15) is 0 Å². The minimum absolute atomic E-state index is 0. The van der Waals surface area contributed by atoms with Crippen molar-refractivity contribution in [2.24, 2.45) is 0 Å². The topological polar surface area (TPSA) is 63.1 Å². The molecule has 1 fully saturated rings. The van der Waals surface area contributed by atoms with Gasteiger partial charge in [-0.1, -0.05) is 17.7 Å². The van der Waals surface area contributed by atoms with Crippen LogP contribution in [0.25, 0.3) is 0 Å². The van der Waals surface area contributed by atoms with Crippen molar-refractivity contribution in [3.8, 4) is 0 Å². The Morgan fingerprint density at radius 1 is 1.26 bits per heavy atom. The first-order valence-corrected chi connectivity index (χ1v) is 9.34. The maximum atomic E-state index is 13.9. The first-order valence-electron chi connectivity index (χ1n) is 8.97. The fraction of sp³-hybridized carbons (Fsp3) is 0.500. The van der Waals surface area contributed by atoms with Crippen LogP contribution in [-0.4, -0.2) is 45.2 Å². The van der Waals surface area contributed by atoms with Gasteiger partial charge in [0.05, 0.1) is 13.0 Å². The van der Waals surface area contributed by atoms with Gasteiger partial charge in [0.15, 0.2) is 0 Å². The number of aromatic nitrogens is 3. The molecule has 2 aliphatic rings. The molecule has 0 unspecified atom stereocenters. The number of halogens is 3. The molecule has 0 atom stereocenters. The van der Waals surface area contributed by atoms with Crippen LogP contribution in [0.15, 0.2) is 18.2 Å². The van der Waals surface area contributed by atoms with Gasteiger partial charge >= 0.3 is 0 Å². The minimum atomic E-state index is -0.426. The molecule has 2 aliphatic heterocycles. The molecule has 0 spiro atoms. The zero-order chi connectivity index (χ0) is 18.1. The number of nitrogens with zero attached hydrogens (tertiary/aromatic N) is 4. The van der Waals surface area contributed by atoms with E-state index in [0.717, 1.165) is 44.1 Å². The monoisotopic (exact) mass is 413 g/mol. The Labute approximate surface area is 168 Å². The number of piperidine rings is 1. The molecule has 9 heteroatoms. The van der Waals surface area contributed by atoms with Crippen molar-refractivity contribution in [3.63, 3.8) is 0 Å². The second-order valence-electron chi connectivity index (χ2n) is 6.83. The van der Waals surface area contributed by atoms with E-state index in [1.165, 1.54) is 6.07 Å². The number of benzene rings is 1. The Morgan fingerprint density at radius 2 is 2.04 bits per heavy atom. The summed E-state index contributed by atoms with van der Waals surface area (Å²) in [6.45, 7) is 3.88. The fourth-order valence-corrected chi connectivity index (χ4v) is 4.00. The van der Waals surface area contributed by atoms with Crippen molar-refractivity contribution in [1.82, 2.24) is 25.0 Å². The molecule has 1 N–H and O–H groups in total. The van der Waals surface area contributed by atoms with Crippen LogP contribution in [0.3, 0.4) is 0 Å². The Kier molecular flexibility index (Phi) is 6.34. The van der Waals surface area contributed by atoms with Crippen LogP contribution in [0.2, 0.25) is 5.02 Å². The Morgan fingerprint density at radius 3 is 2.78 bits per heavy atom. The number of fused-ring (bicyclic) bond motifs is 1. The summed E-state index contributed by atoms with van der Waals surface area (Å²) in [6.07, 6.45) is 1.70. The summed E-state index contributed by atoms with van der Waals surface area (Å²) in [5.41, 5.74) is 0.278. The van der Waals surface area contributed by atoms with Crippen LogP contribution in [0.1, 0.15) is 36.0 Å². The summed E-state index contributed by atoms with van der Waals surface area (Å²) in [5.74, 6) is 1.83. The predicted molar refractivity (Wildman–Crippen MR) is 103 cm³/mol. The molecule has 1 amide bonds. The molecule has 2 aromatic rings. The Hall–Kier alpha value is -1.70. The molecular formula is C18H22Cl2FN5O. The predicted octanol–water partition coefficient (Wildman–Crippen LogP) is 2.54. The number of hydrogen-bond acceptors (Lipinski definition) is 4. The average Bonchev–Trinajstić information content (AvgIpc) is 3.09. The molecular weight excluding hydrogens is 392 g/mol. The van der Waals surface area contributed by atoms with E-state index < -0.39 is 5.82 Å². The summed E-state index contributed by atoms with van der Waals surface area (Å²) >= 11 is 6.04. The van der Waals surface area contributed by atoms with E-state index in [1.54, 1.807) is 17.0 Å². The summed E-state index contributed by atoms with van der Waals surface area (Å²) in [5, 5.41) is 12.3. The van der Waals surface area contributed by atoms with E-state index in [4.69, 9.17) is 11.6 Å². The molecule has 0 saturated carbocycles. The number of nitrogens with one attached hydrogen (secondary N) is 1. The van der Waals surface area contributed by atoms with E-state index in [0.29, 0.717) is 24.0 Å². The van der Waals surface area contributed by atoms with Gasteiger partial charge in [-0.25, -0.2) is 4.39 Å². The standard InChI is InChI=1S/C18H21ClFN5O.ClH/c19-14-2-1-3-15(20)13(14)10-17(26)24-7-4-12(5-8-24)18-23-22-16-11-21-6-9-25(16)18;/h1-3,12,21H,4-11H2;1H. The highest BCUT2D eigenvalue weighted by molar-refractivity contribution is 6.31. The van der Waals surface area contributed by atoms with Gasteiger partial charge < -0.3 is 14.8 Å². The number of rotatable bonds is 3. The van der Waals surface area contributed by atoms with E-state index >= 15 is 0 Å². The van der Waals surface area contributed by atoms with Crippen molar-refractivity contribution in [2.45, 2.75) is 38.3 Å². The second-order valence-corrected chi connectivity index (χ2v) is 7.24. The number of likely N-dealkylation sites (tertiary alicyclic amines) is 1. The lowest BCUT2D eigenvalue weighted by Gasteiger charge is -2.32. The van der Waals surface area contributed by atoms with Gasteiger partial charge in [0.25, 0.3) is 0 Å². The molecule has 3 heterocycles. The lowest BCUT2D eigenvalue weighted by molar-refractivity contribution is -0.131. The third kappa shape index (κ3) is 4.10. The smallest absolute Gasteiger partial charge is 0.227 e. The first-order chi connectivity index (χ1) is 12.6. The van der Waals surface area contributed by atoms with Crippen molar-refractivity contribution in [3.05, 3.63) is 46.3 Å². The van der Waals surface area contributed by atoms with Crippen LogP contribution in [-0.2, 0) is 24.3 Å². The summed E-state index contributed by atoms with van der Waals surface area (Å²) in [6, 6.07) is 4.50. The molecule has 27 heavy (non-hydrogen) atoms. The van der Waals surface area contributed by atoms with Crippen molar-refractivity contribution >= 4 is 29.9 Å². The quantitative estimate of drug-likeness (QED) is 0.839. The third-order valence-corrected chi connectivity index (χ3v) is 5.61. The summed E-state index contributed by atoms with van der Waals surface area (Å²) in [4.78, 5) is 14.4. The molecule has 1 aromatic carbocycles. The highest BCUT2D eigenvalue weighted by Crippen LogP contribution is 2.28. The second kappa shape index (κ2) is 8.54. The molecule has 0 aliphatic carbocycles. The van der Waals surface area contributed by atoms with Crippen molar-refractivity contribution in [2.75, 3.05) is 19.6 Å². The van der Waals surface area contributed by atoms with Crippen LogP contribution in [0.4, 0.5) is 4.39 Å². The number of carbonyl (C=O) groups excluding carboxylic acids is 1. The van der Waals surface area contributed by atoms with E-state index in [-0.39, 0.29) is 30.3 Å². The third-order valence-electron chi connectivity index (χ3n) is 5.25. The summed E-state index contributed by atoms with van der Waals surface area (Å²) < 4.78 is 16.1. The van der Waals surface area contributed by atoms with E-state index in [9.17, 15) is 9.18 Å². The van der Waals surface area contributed by atoms with Gasteiger partial charge in [-0.05, 0) is 25.0 Å². The lowest BCUT2D eigenvalue weighted by atomic mass is 9.95.